The van der Waals surface area contributed by atoms with Gasteiger partial charge in [0.15, 0.2) is 0 Å². The number of halogens is 3. The fourth-order valence-corrected chi connectivity index (χ4v) is 3.09. The Morgan fingerprint density at radius 3 is 2.59 bits per heavy atom. The largest absolute Gasteiger partial charge is 0.416 e. The zero-order valence-electron chi connectivity index (χ0n) is 9.35. The summed E-state index contributed by atoms with van der Waals surface area (Å²) in [6.45, 7) is 0. The monoisotopic (exact) mass is 241 g/mol. The zero-order chi connectivity index (χ0) is 12.3. The number of nitrogens with two attached hydrogens (primary N) is 1. The van der Waals surface area contributed by atoms with Gasteiger partial charge < -0.3 is 5.73 Å². The Balaban J connectivity index is 2.09. The predicted molar refractivity (Wildman–Crippen MR) is 58.7 cm³/mol. The first kappa shape index (κ1) is 11.1. The lowest BCUT2D eigenvalue weighted by Crippen LogP contribution is -2.24. The third-order valence-electron chi connectivity index (χ3n) is 4.18. The Hall–Kier alpha value is -1.03. The van der Waals surface area contributed by atoms with Gasteiger partial charge in [-0.15, -0.1) is 0 Å². The number of alkyl halides is 3. The molecule has 1 aromatic carbocycles. The number of aryl methyl sites for hydroxylation is 1. The first-order valence-corrected chi connectivity index (χ1v) is 5.90. The normalized spacial score (nSPS) is 31.4. The Kier molecular flexibility index (Phi) is 2.12. The van der Waals surface area contributed by atoms with E-state index in [0.717, 1.165) is 36.8 Å². The van der Waals surface area contributed by atoms with Crippen LogP contribution in [0.1, 0.15) is 36.0 Å². The van der Waals surface area contributed by atoms with Gasteiger partial charge in [-0.05, 0) is 48.9 Å². The van der Waals surface area contributed by atoms with Crippen molar-refractivity contribution in [2.45, 2.75) is 43.3 Å². The average Bonchev–Trinajstić information content (AvgIpc) is 2.88. The second-order valence-corrected chi connectivity index (χ2v) is 5.19. The highest BCUT2D eigenvalue weighted by atomic mass is 19.4. The predicted octanol–water partition coefficient (Wildman–Crippen LogP) is 3.01. The minimum absolute atomic E-state index is 0.0463. The minimum atomic E-state index is -4.26. The van der Waals surface area contributed by atoms with E-state index in [-0.39, 0.29) is 11.5 Å². The Labute approximate surface area is 97.8 Å². The molecule has 0 bridgehead atoms. The molecule has 2 aliphatic carbocycles. The maximum atomic E-state index is 12.7. The average molecular weight is 241 g/mol. The minimum Gasteiger partial charge on any atom is -0.327 e. The molecular formula is C13H14F3N. The van der Waals surface area contributed by atoms with E-state index in [0.29, 0.717) is 0 Å². The molecule has 0 heterocycles. The molecule has 0 aliphatic heterocycles. The van der Waals surface area contributed by atoms with Gasteiger partial charge in [0.25, 0.3) is 0 Å². The molecule has 2 atom stereocenters. The van der Waals surface area contributed by atoms with Crippen LogP contribution >= 0.6 is 0 Å². The van der Waals surface area contributed by atoms with Crippen LogP contribution in [-0.4, -0.2) is 6.04 Å². The van der Waals surface area contributed by atoms with Crippen molar-refractivity contribution in [1.29, 1.82) is 0 Å². The fourth-order valence-electron chi connectivity index (χ4n) is 3.09. The summed E-state index contributed by atoms with van der Waals surface area (Å²) in [6, 6.07) is 4.18. The number of rotatable bonds is 0. The highest BCUT2D eigenvalue weighted by molar-refractivity contribution is 5.46. The summed E-state index contributed by atoms with van der Waals surface area (Å²) < 4.78 is 38.1. The first-order valence-electron chi connectivity index (χ1n) is 5.90. The van der Waals surface area contributed by atoms with Crippen molar-refractivity contribution in [3.8, 4) is 0 Å². The van der Waals surface area contributed by atoms with Gasteiger partial charge in [-0.25, -0.2) is 0 Å². The van der Waals surface area contributed by atoms with Crippen molar-refractivity contribution in [2.24, 2.45) is 5.73 Å². The fraction of sp³-hybridized carbons (Fsp3) is 0.538. The van der Waals surface area contributed by atoms with Crippen LogP contribution in [0.25, 0.3) is 0 Å². The van der Waals surface area contributed by atoms with Crippen molar-refractivity contribution in [3.05, 3.63) is 34.9 Å². The smallest absolute Gasteiger partial charge is 0.327 e. The topological polar surface area (TPSA) is 26.0 Å². The van der Waals surface area contributed by atoms with Crippen LogP contribution in [0.15, 0.2) is 18.2 Å². The van der Waals surface area contributed by atoms with Gasteiger partial charge in [0.2, 0.25) is 0 Å². The number of fused-ring (bicyclic) bond motifs is 2. The Morgan fingerprint density at radius 1 is 1.29 bits per heavy atom. The third kappa shape index (κ3) is 1.58. The summed E-state index contributed by atoms with van der Waals surface area (Å²) in [7, 11) is 0. The van der Waals surface area contributed by atoms with E-state index in [9.17, 15) is 13.2 Å². The summed E-state index contributed by atoms with van der Waals surface area (Å²) in [5, 5.41) is 0. The second kappa shape index (κ2) is 3.25. The van der Waals surface area contributed by atoms with Gasteiger partial charge in [-0.1, -0.05) is 6.07 Å². The SMILES string of the molecule is NC1CC12CCCc1ccc(C(F)(F)F)cc12. The van der Waals surface area contributed by atoms with Gasteiger partial charge in [0, 0.05) is 11.5 Å². The van der Waals surface area contributed by atoms with Crippen LogP contribution in [0.4, 0.5) is 13.2 Å². The van der Waals surface area contributed by atoms with Crippen LogP contribution in [-0.2, 0) is 18.0 Å². The lowest BCUT2D eigenvalue weighted by molar-refractivity contribution is -0.137. The molecule has 1 aromatic rings. The molecule has 0 amide bonds. The van der Waals surface area contributed by atoms with Crippen molar-refractivity contribution < 1.29 is 13.2 Å². The summed E-state index contributed by atoms with van der Waals surface area (Å²) in [5.74, 6) is 0. The molecule has 0 aromatic heterocycles. The van der Waals surface area contributed by atoms with Crippen LogP contribution in [0.5, 0.6) is 0 Å². The molecule has 0 radical (unpaired) electrons. The quantitative estimate of drug-likeness (QED) is 0.742. The number of hydrogen-bond donors (Lipinski definition) is 1. The number of hydrogen-bond acceptors (Lipinski definition) is 1. The van der Waals surface area contributed by atoms with Gasteiger partial charge in [-0.3, -0.25) is 0 Å². The molecule has 3 rings (SSSR count). The molecule has 1 spiro atoms. The van der Waals surface area contributed by atoms with Gasteiger partial charge in [-0.2, -0.15) is 13.2 Å². The summed E-state index contributed by atoms with van der Waals surface area (Å²) >= 11 is 0. The third-order valence-corrected chi connectivity index (χ3v) is 4.18. The molecule has 2 unspecified atom stereocenters. The van der Waals surface area contributed by atoms with Crippen molar-refractivity contribution in [2.75, 3.05) is 0 Å². The lowest BCUT2D eigenvalue weighted by Gasteiger charge is -2.27. The van der Waals surface area contributed by atoms with Gasteiger partial charge in [0.1, 0.15) is 0 Å². The standard InChI is InChI=1S/C13H14F3N/c14-13(15,16)9-4-3-8-2-1-5-12(7-11(12)17)10(8)6-9/h3-4,6,11H,1-2,5,7,17H2. The van der Waals surface area contributed by atoms with E-state index in [4.69, 9.17) is 5.73 Å². The van der Waals surface area contributed by atoms with E-state index in [1.165, 1.54) is 12.1 Å². The van der Waals surface area contributed by atoms with Crippen molar-refractivity contribution in [3.63, 3.8) is 0 Å². The number of benzene rings is 1. The maximum absolute atomic E-state index is 12.7. The van der Waals surface area contributed by atoms with Crippen LogP contribution < -0.4 is 5.73 Å². The van der Waals surface area contributed by atoms with Gasteiger partial charge >= 0.3 is 6.18 Å². The molecule has 0 saturated heterocycles. The molecule has 2 aliphatic rings. The Bertz CT molecular complexity index is 466. The van der Waals surface area contributed by atoms with Crippen molar-refractivity contribution >= 4 is 0 Å². The van der Waals surface area contributed by atoms with Crippen molar-refractivity contribution in [1.82, 2.24) is 0 Å². The van der Waals surface area contributed by atoms with Crippen LogP contribution in [0.3, 0.4) is 0 Å². The second-order valence-electron chi connectivity index (χ2n) is 5.19. The zero-order valence-corrected chi connectivity index (χ0v) is 9.35. The first-order chi connectivity index (χ1) is 7.93. The van der Waals surface area contributed by atoms with Crippen LogP contribution in [0.2, 0.25) is 0 Å². The van der Waals surface area contributed by atoms with E-state index < -0.39 is 11.7 Å². The van der Waals surface area contributed by atoms with E-state index in [1.54, 1.807) is 6.07 Å². The summed E-state index contributed by atoms with van der Waals surface area (Å²) in [5.41, 5.74) is 7.14. The lowest BCUT2D eigenvalue weighted by atomic mass is 9.79. The molecule has 1 saturated carbocycles. The highest BCUT2D eigenvalue weighted by Gasteiger charge is 2.55. The molecular weight excluding hydrogens is 227 g/mol. The van der Waals surface area contributed by atoms with E-state index in [1.807, 2.05) is 0 Å². The van der Waals surface area contributed by atoms with E-state index >= 15 is 0 Å². The molecule has 4 heteroatoms. The molecule has 1 nitrogen and oxygen atoms in total. The highest BCUT2D eigenvalue weighted by Crippen LogP contribution is 2.55. The maximum Gasteiger partial charge on any atom is 0.416 e. The molecule has 2 N–H and O–H groups in total. The van der Waals surface area contributed by atoms with Gasteiger partial charge in [0.05, 0.1) is 5.56 Å². The summed E-state index contributed by atoms with van der Waals surface area (Å²) in [6.07, 6.45) is -0.579. The molecule has 17 heavy (non-hydrogen) atoms. The molecule has 92 valence electrons. The van der Waals surface area contributed by atoms with Crippen LogP contribution in [0, 0.1) is 0 Å². The Morgan fingerprint density at radius 2 is 2.00 bits per heavy atom. The molecule has 1 fully saturated rings. The summed E-state index contributed by atoms with van der Waals surface area (Å²) in [4.78, 5) is 0. The van der Waals surface area contributed by atoms with E-state index in [2.05, 4.69) is 0 Å².